The van der Waals surface area contributed by atoms with Gasteiger partial charge in [-0.3, -0.25) is 0 Å². The summed E-state index contributed by atoms with van der Waals surface area (Å²) >= 11 is 9.44. The molecule has 0 spiro atoms. The lowest BCUT2D eigenvalue weighted by Crippen LogP contribution is -1.98. The average Bonchev–Trinajstić information content (AvgIpc) is 2.30. The van der Waals surface area contributed by atoms with Gasteiger partial charge in [-0.25, -0.2) is 4.39 Å². The Morgan fingerprint density at radius 2 is 2.00 bits per heavy atom. The maximum atomic E-state index is 12.9. The molecule has 0 unspecified atom stereocenters. The maximum absolute atomic E-state index is 12.9. The normalized spacial score (nSPS) is 10.4. The molecule has 4 heteroatoms. The van der Waals surface area contributed by atoms with Crippen LogP contribution in [0.3, 0.4) is 0 Å². The molecule has 0 aliphatic rings. The molecule has 18 heavy (non-hydrogen) atoms. The van der Waals surface area contributed by atoms with Crippen molar-refractivity contribution in [3.8, 4) is 5.75 Å². The number of ether oxygens (including phenoxy) is 1. The highest BCUT2D eigenvalue weighted by molar-refractivity contribution is 9.10. The van der Waals surface area contributed by atoms with Crippen molar-refractivity contribution in [2.75, 3.05) is 0 Å². The molecular weight excluding hydrogens is 319 g/mol. The predicted octanol–water partition coefficient (Wildman–Crippen LogP) is 5.13. The lowest BCUT2D eigenvalue weighted by molar-refractivity contribution is 0.303. The summed E-state index contributed by atoms with van der Waals surface area (Å²) in [6.07, 6.45) is 0. The van der Waals surface area contributed by atoms with Gasteiger partial charge in [0, 0.05) is 15.1 Å². The lowest BCUT2D eigenvalue weighted by atomic mass is 10.2. The number of halogens is 3. The highest BCUT2D eigenvalue weighted by Gasteiger charge is 2.05. The molecule has 0 saturated heterocycles. The Balaban J connectivity index is 2.11. The third-order valence-electron chi connectivity index (χ3n) is 2.54. The first-order valence-corrected chi connectivity index (χ1v) is 6.56. The number of benzene rings is 2. The summed E-state index contributed by atoms with van der Waals surface area (Å²) in [7, 11) is 0. The van der Waals surface area contributed by atoms with Gasteiger partial charge in [0.1, 0.15) is 18.2 Å². The molecule has 0 aliphatic heterocycles. The fourth-order valence-corrected chi connectivity index (χ4v) is 2.30. The molecule has 0 aromatic heterocycles. The van der Waals surface area contributed by atoms with Gasteiger partial charge in [0.2, 0.25) is 0 Å². The second kappa shape index (κ2) is 5.72. The molecule has 0 amide bonds. The molecule has 1 nitrogen and oxygen atoms in total. The van der Waals surface area contributed by atoms with Crippen molar-refractivity contribution in [3.63, 3.8) is 0 Å². The fourth-order valence-electron chi connectivity index (χ4n) is 1.57. The second-order valence-electron chi connectivity index (χ2n) is 3.93. The predicted molar refractivity (Wildman–Crippen MR) is 74.6 cm³/mol. The van der Waals surface area contributed by atoms with Gasteiger partial charge >= 0.3 is 0 Å². The van der Waals surface area contributed by atoms with Gasteiger partial charge in [-0.05, 0) is 42.8 Å². The van der Waals surface area contributed by atoms with Crippen LogP contribution in [0.5, 0.6) is 5.75 Å². The van der Waals surface area contributed by atoms with Crippen LogP contribution in [0.25, 0.3) is 0 Å². The zero-order valence-corrected chi connectivity index (χ0v) is 12.1. The summed E-state index contributed by atoms with van der Waals surface area (Å²) in [5.41, 5.74) is 1.66. The van der Waals surface area contributed by atoms with Gasteiger partial charge in [0.05, 0.1) is 0 Å². The molecule has 0 fully saturated rings. The highest BCUT2D eigenvalue weighted by Crippen LogP contribution is 2.24. The van der Waals surface area contributed by atoms with E-state index in [4.69, 9.17) is 16.3 Å². The molecule has 0 radical (unpaired) electrons. The van der Waals surface area contributed by atoms with Crippen LogP contribution in [0.15, 0.2) is 40.9 Å². The van der Waals surface area contributed by atoms with E-state index < -0.39 is 0 Å². The summed E-state index contributed by atoms with van der Waals surface area (Å²) in [6.45, 7) is 2.17. The van der Waals surface area contributed by atoms with Crippen molar-refractivity contribution < 1.29 is 9.13 Å². The minimum absolute atomic E-state index is 0.262. The Bertz CT molecular complexity index is 520. The molecule has 94 valence electrons. The molecule has 0 N–H and O–H groups in total. The SMILES string of the molecule is Cc1cc(F)ccc1OCc1ccc(Br)cc1Cl. The van der Waals surface area contributed by atoms with E-state index in [9.17, 15) is 4.39 Å². The molecule has 0 saturated carbocycles. The largest absolute Gasteiger partial charge is 0.489 e. The van der Waals surface area contributed by atoms with Crippen LogP contribution in [0.2, 0.25) is 5.02 Å². The van der Waals surface area contributed by atoms with Gasteiger partial charge in [0.15, 0.2) is 0 Å². The van der Waals surface area contributed by atoms with Gasteiger partial charge in [-0.15, -0.1) is 0 Å². The van der Waals surface area contributed by atoms with E-state index in [1.807, 2.05) is 25.1 Å². The van der Waals surface area contributed by atoms with Crippen molar-refractivity contribution in [1.82, 2.24) is 0 Å². The van der Waals surface area contributed by atoms with Gasteiger partial charge in [-0.1, -0.05) is 33.6 Å². The number of hydrogen-bond donors (Lipinski definition) is 0. The lowest BCUT2D eigenvalue weighted by Gasteiger charge is -2.10. The molecule has 0 heterocycles. The van der Waals surface area contributed by atoms with E-state index in [0.29, 0.717) is 17.4 Å². The van der Waals surface area contributed by atoms with Crippen molar-refractivity contribution >= 4 is 27.5 Å². The monoisotopic (exact) mass is 328 g/mol. The van der Waals surface area contributed by atoms with Crippen LogP contribution in [0, 0.1) is 12.7 Å². The van der Waals surface area contributed by atoms with Gasteiger partial charge in [0.25, 0.3) is 0 Å². The van der Waals surface area contributed by atoms with Crippen LogP contribution in [0.1, 0.15) is 11.1 Å². The molecule has 0 aliphatic carbocycles. The first-order valence-electron chi connectivity index (χ1n) is 5.39. The Morgan fingerprint density at radius 3 is 2.67 bits per heavy atom. The zero-order chi connectivity index (χ0) is 13.1. The van der Waals surface area contributed by atoms with Crippen molar-refractivity contribution in [3.05, 3.63) is 62.8 Å². The van der Waals surface area contributed by atoms with Crippen molar-refractivity contribution in [2.24, 2.45) is 0 Å². The quantitative estimate of drug-likeness (QED) is 0.758. The Kier molecular flexibility index (Phi) is 4.25. The van der Waals surface area contributed by atoms with Gasteiger partial charge in [-0.2, -0.15) is 0 Å². The Labute approximate surface area is 119 Å². The Morgan fingerprint density at radius 1 is 1.22 bits per heavy atom. The minimum atomic E-state index is -0.262. The van der Waals surface area contributed by atoms with E-state index in [1.54, 1.807) is 6.07 Å². The molecule has 2 aromatic rings. The fraction of sp³-hybridized carbons (Fsp3) is 0.143. The second-order valence-corrected chi connectivity index (χ2v) is 5.26. The van der Waals surface area contributed by atoms with E-state index in [0.717, 1.165) is 15.6 Å². The zero-order valence-electron chi connectivity index (χ0n) is 9.71. The van der Waals surface area contributed by atoms with Crippen molar-refractivity contribution in [1.29, 1.82) is 0 Å². The van der Waals surface area contributed by atoms with Crippen LogP contribution >= 0.6 is 27.5 Å². The summed E-state index contributed by atoms with van der Waals surface area (Å²) in [4.78, 5) is 0. The number of rotatable bonds is 3. The molecule has 0 atom stereocenters. The standard InChI is InChI=1S/C14H11BrClFO/c1-9-6-12(17)4-5-14(9)18-8-10-2-3-11(15)7-13(10)16/h2-7H,8H2,1H3. The smallest absolute Gasteiger partial charge is 0.123 e. The first-order chi connectivity index (χ1) is 8.56. The van der Waals surface area contributed by atoms with Gasteiger partial charge < -0.3 is 4.74 Å². The maximum Gasteiger partial charge on any atom is 0.123 e. The molecule has 2 rings (SSSR count). The van der Waals surface area contributed by atoms with Crippen molar-refractivity contribution in [2.45, 2.75) is 13.5 Å². The number of aryl methyl sites for hydroxylation is 1. The summed E-state index contributed by atoms with van der Waals surface area (Å²) in [6, 6.07) is 10.1. The third-order valence-corrected chi connectivity index (χ3v) is 3.38. The molecule has 2 aromatic carbocycles. The van der Waals surface area contributed by atoms with Crippen LogP contribution in [0.4, 0.5) is 4.39 Å². The van der Waals surface area contributed by atoms with Crippen LogP contribution < -0.4 is 4.74 Å². The van der Waals surface area contributed by atoms with E-state index in [1.165, 1.54) is 12.1 Å². The first kappa shape index (κ1) is 13.4. The van der Waals surface area contributed by atoms with Crippen LogP contribution in [-0.4, -0.2) is 0 Å². The minimum Gasteiger partial charge on any atom is -0.489 e. The number of hydrogen-bond acceptors (Lipinski definition) is 1. The van der Waals surface area contributed by atoms with E-state index >= 15 is 0 Å². The van der Waals surface area contributed by atoms with E-state index in [-0.39, 0.29) is 5.82 Å². The average molecular weight is 330 g/mol. The van der Waals surface area contributed by atoms with E-state index in [2.05, 4.69) is 15.9 Å². The Hall–Kier alpha value is -1.06. The molecule has 0 bridgehead atoms. The summed E-state index contributed by atoms with van der Waals surface area (Å²) < 4.78 is 19.5. The summed E-state index contributed by atoms with van der Waals surface area (Å²) in [5.74, 6) is 0.400. The topological polar surface area (TPSA) is 9.23 Å². The molecular formula is C14H11BrClFO. The van der Waals surface area contributed by atoms with Crippen LogP contribution in [-0.2, 0) is 6.61 Å². The highest BCUT2D eigenvalue weighted by atomic mass is 79.9. The third kappa shape index (κ3) is 3.24. The summed E-state index contributed by atoms with van der Waals surface area (Å²) in [5, 5.41) is 0.643.